The molecule has 4 atom stereocenters. The Balaban J connectivity index is 1.74. The van der Waals surface area contributed by atoms with E-state index in [-0.39, 0.29) is 29.2 Å². The van der Waals surface area contributed by atoms with Crippen LogP contribution in [0.15, 0.2) is 24.3 Å². The summed E-state index contributed by atoms with van der Waals surface area (Å²) in [5, 5.41) is 10.8. The van der Waals surface area contributed by atoms with Gasteiger partial charge in [0.25, 0.3) is 0 Å². The Kier molecular flexibility index (Phi) is 6.09. The Hall–Kier alpha value is -2.26. The highest BCUT2D eigenvalue weighted by Crippen LogP contribution is 2.40. The van der Waals surface area contributed by atoms with Crippen LogP contribution >= 0.6 is 0 Å². The maximum absolute atomic E-state index is 12.8. The Morgan fingerprint density at radius 3 is 2.62 bits per heavy atom. The summed E-state index contributed by atoms with van der Waals surface area (Å²) in [6, 6.07) is 6.95. The van der Waals surface area contributed by atoms with Crippen LogP contribution in [0.1, 0.15) is 27.7 Å². The van der Waals surface area contributed by atoms with Crippen LogP contribution in [0.2, 0.25) is 13.1 Å². The van der Waals surface area contributed by atoms with Crippen molar-refractivity contribution in [1.82, 2.24) is 20.5 Å². The SMILES string of the molecule is C[C@@H](C(=O)On1nnc2ccccc21)[C@H]1NC(=O)[C@H]1[C@@H](CO[SiH](C)C)C(C)(C)C. The third-order valence-electron chi connectivity index (χ3n) is 5.56. The van der Waals surface area contributed by atoms with Crippen LogP contribution in [-0.2, 0) is 14.0 Å². The summed E-state index contributed by atoms with van der Waals surface area (Å²) in [4.78, 5) is 31.8. The number of rotatable bonds is 7. The lowest BCUT2D eigenvalue weighted by Gasteiger charge is -2.48. The summed E-state index contributed by atoms with van der Waals surface area (Å²) in [5.41, 5.74) is 1.13. The van der Waals surface area contributed by atoms with Gasteiger partial charge in [-0.2, -0.15) is 0 Å². The summed E-state index contributed by atoms with van der Waals surface area (Å²) in [5.74, 6) is -1.30. The van der Waals surface area contributed by atoms with Gasteiger partial charge in [0.05, 0.1) is 17.9 Å². The topological polar surface area (TPSA) is 95.3 Å². The van der Waals surface area contributed by atoms with Gasteiger partial charge < -0.3 is 14.6 Å². The summed E-state index contributed by atoms with van der Waals surface area (Å²) in [7, 11) is -1.22. The van der Waals surface area contributed by atoms with Gasteiger partial charge in [-0.05, 0) is 48.7 Å². The Morgan fingerprint density at radius 2 is 2.00 bits per heavy atom. The molecule has 1 fully saturated rings. The van der Waals surface area contributed by atoms with Crippen molar-refractivity contribution < 1.29 is 18.9 Å². The van der Waals surface area contributed by atoms with Gasteiger partial charge in [0.1, 0.15) is 11.0 Å². The number of hydrogen-bond donors (Lipinski definition) is 1. The number of β-lactam (4-membered cyclic amide) rings is 1. The molecule has 2 aromatic rings. The third-order valence-corrected chi connectivity index (χ3v) is 6.42. The highest BCUT2D eigenvalue weighted by molar-refractivity contribution is 6.48. The largest absolute Gasteiger partial charge is 0.420 e. The number of carbonyl (C=O) groups is 2. The maximum Gasteiger partial charge on any atom is 0.339 e. The number of hydrogen-bond acceptors (Lipinski definition) is 6. The van der Waals surface area contributed by atoms with E-state index < -0.39 is 20.9 Å². The first-order valence-electron chi connectivity index (χ1n) is 10.0. The monoisotopic (exact) mass is 418 g/mol. The van der Waals surface area contributed by atoms with E-state index >= 15 is 0 Å². The number of amides is 1. The minimum atomic E-state index is -1.22. The Bertz CT molecular complexity index is 892. The van der Waals surface area contributed by atoms with Crippen molar-refractivity contribution in [1.29, 1.82) is 0 Å². The molecule has 0 spiro atoms. The average Bonchev–Trinajstić information content (AvgIpc) is 3.04. The van der Waals surface area contributed by atoms with E-state index in [1.165, 1.54) is 0 Å². The van der Waals surface area contributed by atoms with Gasteiger partial charge in [-0.3, -0.25) is 4.79 Å². The third kappa shape index (κ3) is 4.50. The summed E-state index contributed by atoms with van der Waals surface area (Å²) in [6.07, 6.45) is 0. The van der Waals surface area contributed by atoms with Crippen LogP contribution in [0, 0.1) is 23.2 Å². The second-order valence-corrected chi connectivity index (χ2v) is 11.5. The van der Waals surface area contributed by atoms with Crippen LogP contribution in [0.4, 0.5) is 0 Å². The van der Waals surface area contributed by atoms with Crippen molar-refractivity contribution in [2.75, 3.05) is 6.61 Å². The molecular formula is C20H30N4O4Si. The van der Waals surface area contributed by atoms with Crippen molar-refractivity contribution >= 4 is 32.0 Å². The van der Waals surface area contributed by atoms with E-state index in [1.807, 2.05) is 12.1 Å². The normalized spacial score (nSPS) is 21.6. The van der Waals surface area contributed by atoms with Gasteiger partial charge in [0.2, 0.25) is 5.91 Å². The van der Waals surface area contributed by atoms with Gasteiger partial charge in [-0.15, -0.1) is 5.10 Å². The molecule has 9 heteroatoms. The van der Waals surface area contributed by atoms with E-state index in [9.17, 15) is 9.59 Å². The maximum atomic E-state index is 12.8. The number of aromatic nitrogens is 3. The first-order chi connectivity index (χ1) is 13.6. The number of carbonyl (C=O) groups excluding carboxylic acids is 2. The molecule has 1 aromatic heterocycles. The molecular weight excluding hydrogens is 388 g/mol. The van der Waals surface area contributed by atoms with Gasteiger partial charge in [0, 0.05) is 6.61 Å². The van der Waals surface area contributed by atoms with E-state index in [0.29, 0.717) is 17.6 Å². The van der Waals surface area contributed by atoms with Gasteiger partial charge in [-0.25, -0.2) is 4.79 Å². The molecule has 0 unspecified atom stereocenters. The predicted molar refractivity (Wildman–Crippen MR) is 111 cm³/mol. The fourth-order valence-corrected chi connectivity index (χ4v) is 4.30. The summed E-state index contributed by atoms with van der Waals surface area (Å²) in [6.45, 7) is 12.8. The fourth-order valence-electron chi connectivity index (χ4n) is 3.70. The van der Waals surface area contributed by atoms with Crippen LogP contribution < -0.4 is 10.2 Å². The second kappa shape index (κ2) is 8.23. The smallest absolute Gasteiger partial charge is 0.339 e. The predicted octanol–water partition coefficient (Wildman–Crippen LogP) is 1.80. The van der Waals surface area contributed by atoms with Crippen LogP contribution in [0.25, 0.3) is 11.0 Å². The summed E-state index contributed by atoms with van der Waals surface area (Å²) < 4.78 is 5.98. The lowest BCUT2D eigenvalue weighted by molar-refractivity contribution is -0.158. The first-order valence-corrected chi connectivity index (χ1v) is 12.8. The zero-order valence-corrected chi connectivity index (χ0v) is 19.0. The molecule has 1 saturated heterocycles. The average molecular weight is 419 g/mol. The fraction of sp³-hybridized carbons (Fsp3) is 0.600. The van der Waals surface area contributed by atoms with Crippen molar-refractivity contribution in [2.24, 2.45) is 23.2 Å². The van der Waals surface area contributed by atoms with E-state index in [2.05, 4.69) is 49.5 Å². The molecule has 2 heterocycles. The molecule has 3 rings (SSSR count). The van der Waals surface area contributed by atoms with Gasteiger partial charge >= 0.3 is 5.97 Å². The van der Waals surface area contributed by atoms with Crippen molar-refractivity contribution in [2.45, 2.75) is 46.8 Å². The molecule has 29 heavy (non-hydrogen) atoms. The first kappa shape index (κ1) is 21.4. The molecule has 8 nitrogen and oxygen atoms in total. The molecule has 158 valence electrons. The molecule has 0 bridgehead atoms. The van der Waals surface area contributed by atoms with Gasteiger partial charge in [-0.1, -0.05) is 37.7 Å². The Labute approximate surface area is 172 Å². The van der Waals surface area contributed by atoms with Gasteiger partial charge in [0.15, 0.2) is 9.04 Å². The minimum absolute atomic E-state index is 0.0126. The van der Waals surface area contributed by atoms with Crippen molar-refractivity contribution in [3.05, 3.63) is 24.3 Å². The highest BCUT2D eigenvalue weighted by atomic mass is 28.3. The Morgan fingerprint density at radius 1 is 1.31 bits per heavy atom. The molecule has 1 aliphatic heterocycles. The van der Waals surface area contributed by atoms with Crippen LogP contribution in [0.3, 0.4) is 0 Å². The lowest BCUT2D eigenvalue weighted by Crippen LogP contribution is -2.67. The van der Waals surface area contributed by atoms with E-state index in [0.717, 1.165) is 4.85 Å². The van der Waals surface area contributed by atoms with Crippen molar-refractivity contribution in [3.8, 4) is 0 Å². The zero-order valence-electron chi connectivity index (χ0n) is 17.9. The molecule has 1 aromatic carbocycles. The molecule has 1 amide bonds. The van der Waals surface area contributed by atoms with E-state index in [4.69, 9.17) is 9.26 Å². The molecule has 1 aliphatic rings. The highest BCUT2D eigenvalue weighted by Gasteiger charge is 2.52. The number of benzene rings is 1. The van der Waals surface area contributed by atoms with Crippen molar-refractivity contribution in [3.63, 3.8) is 0 Å². The van der Waals surface area contributed by atoms with E-state index in [1.54, 1.807) is 19.1 Å². The number of nitrogens with one attached hydrogen (secondary N) is 1. The molecule has 0 aliphatic carbocycles. The number of nitrogens with zero attached hydrogens (tertiary/aromatic N) is 3. The minimum Gasteiger partial charge on any atom is -0.420 e. The van der Waals surface area contributed by atoms with Crippen LogP contribution in [-0.4, -0.2) is 48.7 Å². The standard InChI is InChI=1S/C20H30N4O4Si/c1-12(19(26)28-24-15-10-8-7-9-14(15)22-23-24)17-16(18(25)21-17)13(20(2,3)4)11-27-29(5)6/h7-10,12-13,16-17,29H,11H2,1-6H3,(H,21,25)/t12-,13-,16+,17-/m1/s1. The number of para-hydroxylation sites is 1. The zero-order chi connectivity index (χ0) is 21.3. The van der Waals surface area contributed by atoms with Crippen LogP contribution in [0.5, 0.6) is 0 Å². The molecule has 1 N–H and O–H groups in total. The lowest BCUT2D eigenvalue weighted by atomic mass is 9.65. The quantitative estimate of drug-likeness (QED) is 0.418. The second-order valence-electron chi connectivity index (χ2n) is 9.06. The number of fused-ring (bicyclic) bond motifs is 1. The summed E-state index contributed by atoms with van der Waals surface area (Å²) >= 11 is 0. The molecule has 0 saturated carbocycles. The molecule has 0 radical (unpaired) electrons.